The van der Waals surface area contributed by atoms with Crippen LogP contribution in [0.3, 0.4) is 0 Å². The van der Waals surface area contributed by atoms with Crippen LogP contribution in [0.4, 0.5) is 0 Å². The van der Waals surface area contributed by atoms with Crippen LogP contribution in [0.15, 0.2) is 0 Å². The molecular formula is C13H24N2O3. The number of hydrogen-bond donors (Lipinski definition) is 1. The van der Waals surface area contributed by atoms with Crippen molar-refractivity contribution in [2.75, 3.05) is 27.2 Å². The topological polar surface area (TPSA) is 58.6 Å². The van der Waals surface area contributed by atoms with E-state index in [1.54, 1.807) is 7.05 Å². The Bertz CT molecular complexity index is 281. The van der Waals surface area contributed by atoms with E-state index in [4.69, 9.17) is 4.74 Å². The second kappa shape index (κ2) is 8.08. The summed E-state index contributed by atoms with van der Waals surface area (Å²) >= 11 is 0. The lowest BCUT2D eigenvalue weighted by molar-refractivity contribution is -0.142. The van der Waals surface area contributed by atoms with Crippen LogP contribution >= 0.6 is 0 Å². The van der Waals surface area contributed by atoms with Gasteiger partial charge in [-0.15, -0.1) is 0 Å². The lowest BCUT2D eigenvalue weighted by Crippen LogP contribution is -2.41. The van der Waals surface area contributed by atoms with Gasteiger partial charge in [-0.3, -0.25) is 14.5 Å². The van der Waals surface area contributed by atoms with E-state index in [0.717, 1.165) is 25.9 Å². The standard InChI is InChI=1S/C13H24N2O3/c1-14-12(16)7-5-9-15-8-4-3-6-11(15)10-13(17)18-2/h11H,3-10H2,1-2H3,(H,14,16). The highest BCUT2D eigenvalue weighted by Crippen LogP contribution is 2.20. The Hall–Kier alpha value is -1.10. The summed E-state index contributed by atoms with van der Waals surface area (Å²) in [6.07, 6.45) is 5.27. The van der Waals surface area contributed by atoms with Crippen molar-refractivity contribution in [1.82, 2.24) is 10.2 Å². The minimum atomic E-state index is -0.141. The van der Waals surface area contributed by atoms with Crippen molar-refractivity contribution in [3.8, 4) is 0 Å². The van der Waals surface area contributed by atoms with Crippen molar-refractivity contribution in [2.45, 2.75) is 44.6 Å². The maximum atomic E-state index is 11.3. The van der Waals surface area contributed by atoms with E-state index in [1.807, 2.05) is 0 Å². The van der Waals surface area contributed by atoms with Gasteiger partial charge in [-0.2, -0.15) is 0 Å². The molecule has 1 aliphatic rings. The van der Waals surface area contributed by atoms with E-state index < -0.39 is 0 Å². The van der Waals surface area contributed by atoms with Gasteiger partial charge in [0.25, 0.3) is 0 Å². The predicted octanol–water partition coefficient (Wildman–Crippen LogP) is 0.930. The molecule has 1 unspecified atom stereocenters. The summed E-state index contributed by atoms with van der Waals surface area (Å²) in [5, 5.41) is 2.62. The number of rotatable bonds is 6. The van der Waals surface area contributed by atoms with Gasteiger partial charge in [0.1, 0.15) is 0 Å². The third kappa shape index (κ3) is 5.04. The molecule has 0 aromatic heterocycles. The first kappa shape index (κ1) is 15.0. The normalized spacial score (nSPS) is 20.4. The molecule has 1 rings (SSSR count). The number of likely N-dealkylation sites (tertiary alicyclic amines) is 1. The maximum absolute atomic E-state index is 11.3. The lowest BCUT2D eigenvalue weighted by Gasteiger charge is -2.35. The maximum Gasteiger partial charge on any atom is 0.307 e. The van der Waals surface area contributed by atoms with E-state index in [2.05, 4.69) is 10.2 Å². The van der Waals surface area contributed by atoms with Crippen LogP contribution in [0.25, 0.3) is 0 Å². The van der Waals surface area contributed by atoms with Crippen LogP contribution in [0.5, 0.6) is 0 Å². The lowest BCUT2D eigenvalue weighted by atomic mass is 9.99. The highest BCUT2D eigenvalue weighted by atomic mass is 16.5. The number of ether oxygens (including phenoxy) is 1. The molecule has 1 N–H and O–H groups in total. The second-order valence-corrected chi connectivity index (χ2v) is 4.74. The Morgan fingerprint density at radius 2 is 2.17 bits per heavy atom. The number of carbonyl (C=O) groups is 2. The summed E-state index contributed by atoms with van der Waals surface area (Å²) in [5.74, 6) is -0.0604. The number of amides is 1. The van der Waals surface area contributed by atoms with Gasteiger partial charge in [-0.05, 0) is 32.4 Å². The Labute approximate surface area is 109 Å². The van der Waals surface area contributed by atoms with Crippen LogP contribution in [0.1, 0.15) is 38.5 Å². The van der Waals surface area contributed by atoms with Gasteiger partial charge in [0, 0.05) is 19.5 Å². The molecule has 1 amide bonds. The van der Waals surface area contributed by atoms with E-state index in [1.165, 1.54) is 20.0 Å². The number of carbonyl (C=O) groups excluding carboxylic acids is 2. The predicted molar refractivity (Wildman–Crippen MR) is 69.1 cm³/mol. The van der Waals surface area contributed by atoms with Crippen LogP contribution < -0.4 is 5.32 Å². The first-order chi connectivity index (χ1) is 8.67. The average molecular weight is 256 g/mol. The molecule has 1 atom stereocenters. The molecule has 0 spiro atoms. The molecule has 1 aliphatic heterocycles. The minimum absolute atomic E-state index is 0.0801. The Morgan fingerprint density at radius 1 is 1.39 bits per heavy atom. The van der Waals surface area contributed by atoms with Gasteiger partial charge in [0.15, 0.2) is 0 Å². The second-order valence-electron chi connectivity index (χ2n) is 4.74. The van der Waals surface area contributed by atoms with E-state index >= 15 is 0 Å². The molecule has 5 heteroatoms. The molecule has 1 saturated heterocycles. The van der Waals surface area contributed by atoms with Gasteiger partial charge in [0.05, 0.1) is 13.5 Å². The molecule has 0 aliphatic carbocycles. The van der Waals surface area contributed by atoms with Gasteiger partial charge < -0.3 is 10.1 Å². The quantitative estimate of drug-likeness (QED) is 0.718. The molecule has 0 saturated carbocycles. The molecule has 5 nitrogen and oxygen atoms in total. The SMILES string of the molecule is CNC(=O)CCCN1CCCCC1CC(=O)OC. The zero-order valence-corrected chi connectivity index (χ0v) is 11.4. The number of esters is 1. The number of piperidine rings is 1. The van der Waals surface area contributed by atoms with E-state index in [-0.39, 0.29) is 17.9 Å². The van der Waals surface area contributed by atoms with Crippen molar-refractivity contribution in [1.29, 1.82) is 0 Å². The molecule has 0 aromatic rings. The fourth-order valence-corrected chi connectivity index (χ4v) is 2.43. The Balaban J connectivity index is 2.34. The zero-order chi connectivity index (χ0) is 13.4. The van der Waals surface area contributed by atoms with Crippen molar-refractivity contribution in [3.05, 3.63) is 0 Å². The summed E-state index contributed by atoms with van der Waals surface area (Å²) in [4.78, 5) is 24.8. The largest absolute Gasteiger partial charge is 0.469 e. The van der Waals surface area contributed by atoms with Gasteiger partial charge >= 0.3 is 5.97 Å². The highest BCUT2D eigenvalue weighted by molar-refractivity contribution is 5.75. The molecule has 104 valence electrons. The first-order valence-electron chi connectivity index (χ1n) is 6.68. The van der Waals surface area contributed by atoms with Gasteiger partial charge in [0.2, 0.25) is 5.91 Å². The summed E-state index contributed by atoms with van der Waals surface area (Å²) in [5.41, 5.74) is 0. The Kier molecular flexibility index (Phi) is 6.72. The number of nitrogens with zero attached hydrogens (tertiary/aromatic N) is 1. The molecule has 1 fully saturated rings. The van der Waals surface area contributed by atoms with Crippen molar-refractivity contribution in [2.24, 2.45) is 0 Å². The monoisotopic (exact) mass is 256 g/mol. The van der Waals surface area contributed by atoms with Gasteiger partial charge in [-0.25, -0.2) is 0 Å². The minimum Gasteiger partial charge on any atom is -0.469 e. The molecule has 18 heavy (non-hydrogen) atoms. The van der Waals surface area contributed by atoms with E-state index in [0.29, 0.717) is 12.8 Å². The molecular weight excluding hydrogens is 232 g/mol. The number of hydrogen-bond acceptors (Lipinski definition) is 4. The number of nitrogens with one attached hydrogen (secondary N) is 1. The number of methoxy groups -OCH3 is 1. The average Bonchev–Trinajstić information content (AvgIpc) is 2.40. The van der Waals surface area contributed by atoms with Crippen molar-refractivity contribution in [3.63, 3.8) is 0 Å². The summed E-state index contributed by atoms with van der Waals surface area (Å²) in [6, 6.07) is 0.288. The fraction of sp³-hybridized carbons (Fsp3) is 0.846. The van der Waals surface area contributed by atoms with E-state index in [9.17, 15) is 9.59 Å². The molecule has 1 heterocycles. The summed E-state index contributed by atoms with van der Waals surface area (Å²) in [6.45, 7) is 1.91. The molecule has 0 bridgehead atoms. The zero-order valence-electron chi connectivity index (χ0n) is 11.4. The van der Waals surface area contributed by atoms with Crippen LogP contribution in [0.2, 0.25) is 0 Å². The summed E-state index contributed by atoms with van der Waals surface area (Å²) in [7, 11) is 3.09. The third-order valence-electron chi connectivity index (χ3n) is 3.51. The smallest absolute Gasteiger partial charge is 0.307 e. The van der Waals surface area contributed by atoms with Crippen molar-refractivity contribution < 1.29 is 14.3 Å². The molecule has 0 radical (unpaired) electrons. The van der Waals surface area contributed by atoms with Crippen LogP contribution in [-0.2, 0) is 14.3 Å². The Morgan fingerprint density at radius 3 is 2.83 bits per heavy atom. The fourth-order valence-electron chi connectivity index (χ4n) is 2.43. The first-order valence-corrected chi connectivity index (χ1v) is 6.68. The van der Waals surface area contributed by atoms with Crippen LogP contribution in [0, 0.1) is 0 Å². The molecule has 0 aromatic carbocycles. The van der Waals surface area contributed by atoms with Gasteiger partial charge in [-0.1, -0.05) is 6.42 Å². The highest BCUT2D eigenvalue weighted by Gasteiger charge is 2.24. The third-order valence-corrected chi connectivity index (χ3v) is 3.51. The summed E-state index contributed by atoms with van der Waals surface area (Å²) < 4.78 is 4.73. The van der Waals surface area contributed by atoms with Crippen molar-refractivity contribution >= 4 is 11.9 Å². The van der Waals surface area contributed by atoms with Crippen LogP contribution in [-0.4, -0.2) is 50.1 Å².